The van der Waals surface area contributed by atoms with E-state index in [-0.39, 0.29) is 12.1 Å². The summed E-state index contributed by atoms with van der Waals surface area (Å²) in [6, 6.07) is 6.69. The summed E-state index contributed by atoms with van der Waals surface area (Å²) in [5, 5.41) is 8.95. The Morgan fingerprint density at radius 1 is 1.38 bits per heavy atom. The van der Waals surface area contributed by atoms with Crippen molar-refractivity contribution in [2.75, 3.05) is 13.6 Å². The van der Waals surface area contributed by atoms with Gasteiger partial charge in [0.05, 0.1) is 12.1 Å². The quantitative estimate of drug-likeness (QED) is 0.750. The number of rotatable bonds is 5. The Balaban J connectivity index is 2.80. The third-order valence-corrected chi connectivity index (χ3v) is 2.11. The van der Waals surface area contributed by atoms with Crippen LogP contribution in [0.5, 0.6) is 0 Å². The van der Waals surface area contributed by atoms with Crippen LogP contribution >= 0.6 is 0 Å². The Morgan fingerprint density at radius 2 is 2.00 bits per heavy atom. The predicted octanol–water partition coefficient (Wildman–Crippen LogP) is 0.302. The number of hydrogen-bond acceptors (Lipinski definition) is 3. The first-order valence-electron chi connectivity index (χ1n) is 4.78. The van der Waals surface area contributed by atoms with Crippen LogP contribution in [0.4, 0.5) is 0 Å². The highest BCUT2D eigenvalue weighted by Gasteiger charge is 2.11. The van der Waals surface area contributed by atoms with E-state index in [9.17, 15) is 9.59 Å². The maximum atomic E-state index is 10.9. The first kappa shape index (κ1) is 12.2. The van der Waals surface area contributed by atoms with Crippen LogP contribution in [0.15, 0.2) is 24.3 Å². The number of hydrogen-bond donors (Lipinski definition) is 2. The summed E-state index contributed by atoms with van der Waals surface area (Å²) >= 11 is 0. The van der Waals surface area contributed by atoms with Gasteiger partial charge < -0.3 is 10.8 Å². The number of carbonyl (C=O) groups is 2. The van der Waals surface area contributed by atoms with E-state index in [1.165, 1.54) is 6.07 Å². The van der Waals surface area contributed by atoms with E-state index in [1.807, 2.05) is 0 Å². The lowest BCUT2D eigenvalue weighted by Crippen LogP contribution is -2.30. The van der Waals surface area contributed by atoms with Crippen molar-refractivity contribution in [1.82, 2.24) is 4.90 Å². The Kier molecular flexibility index (Phi) is 4.02. The van der Waals surface area contributed by atoms with Crippen LogP contribution in [0.1, 0.15) is 15.9 Å². The van der Waals surface area contributed by atoms with Crippen LogP contribution in [0, 0.1) is 0 Å². The second-order valence-electron chi connectivity index (χ2n) is 3.60. The molecule has 0 aromatic heterocycles. The third-order valence-electron chi connectivity index (χ3n) is 2.11. The minimum Gasteiger partial charge on any atom is -0.478 e. The molecular weight excluding hydrogens is 208 g/mol. The van der Waals surface area contributed by atoms with Gasteiger partial charge in [-0.05, 0) is 18.7 Å². The van der Waals surface area contributed by atoms with E-state index >= 15 is 0 Å². The molecule has 5 heteroatoms. The van der Waals surface area contributed by atoms with Crippen LogP contribution < -0.4 is 5.73 Å². The van der Waals surface area contributed by atoms with Crippen molar-refractivity contribution in [3.05, 3.63) is 35.4 Å². The normalized spacial score (nSPS) is 10.4. The van der Waals surface area contributed by atoms with Crippen LogP contribution in [-0.4, -0.2) is 35.5 Å². The highest BCUT2D eigenvalue weighted by atomic mass is 16.4. The topological polar surface area (TPSA) is 83.6 Å². The molecule has 0 saturated heterocycles. The van der Waals surface area contributed by atoms with Gasteiger partial charge in [0.25, 0.3) is 0 Å². The number of carboxylic acids is 1. The molecule has 1 amide bonds. The van der Waals surface area contributed by atoms with E-state index in [1.54, 1.807) is 30.1 Å². The number of nitrogens with two attached hydrogens (primary N) is 1. The minimum atomic E-state index is -0.969. The second kappa shape index (κ2) is 5.27. The summed E-state index contributed by atoms with van der Waals surface area (Å²) in [7, 11) is 1.71. The molecule has 16 heavy (non-hydrogen) atoms. The molecule has 1 rings (SSSR count). The van der Waals surface area contributed by atoms with Crippen LogP contribution in [0.3, 0.4) is 0 Å². The number of aromatic carboxylic acids is 1. The standard InChI is InChI=1S/C11H14N2O3/c1-13(7-10(12)14)6-8-4-2-3-5-9(8)11(15)16/h2-5H,6-7H2,1H3,(H2,12,14)(H,15,16). The van der Waals surface area contributed by atoms with Crippen molar-refractivity contribution < 1.29 is 14.7 Å². The first-order valence-corrected chi connectivity index (χ1v) is 4.78. The Morgan fingerprint density at radius 3 is 2.56 bits per heavy atom. The Labute approximate surface area is 93.5 Å². The number of amides is 1. The molecule has 3 N–H and O–H groups in total. The molecule has 0 fully saturated rings. The summed E-state index contributed by atoms with van der Waals surface area (Å²) in [6.07, 6.45) is 0. The molecule has 0 aliphatic carbocycles. The van der Waals surface area contributed by atoms with Gasteiger partial charge in [0.2, 0.25) is 5.91 Å². The molecule has 0 heterocycles. The van der Waals surface area contributed by atoms with Gasteiger partial charge in [-0.3, -0.25) is 9.69 Å². The maximum absolute atomic E-state index is 10.9. The molecule has 0 unspecified atom stereocenters. The zero-order valence-electron chi connectivity index (χ0n) is 9.01. The van der Waals surface area contributed by atoms with Gasteiger partial charge in [0.15, 0.2) is 0 Å². The van der Waals surface area contributed by atoms with Crippen molar-refractivity contribution in [1.29, 1.82) is 0 Å². The number of benzene rings is 1. The molecule has 0 radical (unpaired) electrons. The lowest BCUT2D eigenvalue weighted by atomic mass is 10.1. The average molecular weight is 222 g/mol. The van der Waals surface area contributed by atoms with Crippen molar-refractivity contribution in [2.24, 2.45) is 5.73 Å². The molecule has 0 bridgehead atoms. The summed E-state index contributed by atoms with van der Waals surface area (Å²) < 4.78 is 0. The summed E-state index contributed by atoms with van der Waals surface area (Å²) in [4.78, 5) is 23.3. The van der Waals surface area contributed by atoms with Crippen molar-refractivity contribution in [3.8, 4) is 0 Å². The molecular formula is C11H14N2O3. The van der Waals surface area contributed by atoms with Gasteiger partial charge >= 0.3 is 5.97 Å². The number of primary amides is 1. The van der Waals surface area contributed by atoms with E-state index < -0.39 is 11.9 Å². The molecule has 0 aliphatic heterocycles. The van der Waals surface area contributed by atoms with Gasteiger partial charge in [-0.2, -0.15) is 0 Å². The van der Waals surface area contributed by atoms with E-state index in [0.717, 1.165) is 0 Å². The molecule has 5 nitrogen and oxygen atoms in total. The van der Waals surface area contributed by atoms with E-state index in [2.05, 4.69) is 0 Å². The lowest BCUT2D eigenvalue weighted by molar-refractivity contribution is -0.118. The van der Waals surface area contributed by atoms with E-state index in [0.29, 0.717) is 12.1 Å². The molecule has 1 aromatic rings. The van der Waals surface area contributed by atoms with Crippen LogP contribution in [0.2, 0.25) is 0 Å². The second-order valence-corrected chi connectivity index (χ2v) is 3.60. The molecule has 0 atom stereocenters. The van der Waals surface area contributed by atoms with Gasteiger partial charge in [-0.1, -0.05) is 18.2 Å². The fraction of sp³-hybridized carbons (Fsp3) is 0.273. The Bertz CT molecular complexity index is 404. The van der Waals surface area contributed by atoms with Crippen molar-refractivity contribution >= 4 is 11.9 Å². The van der Waals surface area contributed by atoms with Crippen molar-refractivity contribution in [3.63, 3.8) is 0 Å². The maximum Gasteiger partial charge on any atom is 0.336 e. The highest BCUT2D eigenvalue weighted by molar-refractivity contribution is 5.89. The lowest BCUT2D eigenvalue weighted by Gasteiger charge is -2.15. The van der Waals surface area contributed by atoms with Gasteiger partial charge in [0, 0.05) is 6.54 Å². The summed E-state index contributed by atoms with van der Waals surface area (Å²) in [5.41, 5.74) is 5.96. The average Bonchev–Trinajstić information content (AvgIpc) is 2.16. The molecule has 1 aromatic carbocycles. The number of likely N-dealkylation sites (N-methyl/N-ethyl adjacent to an activating group) is 1. The SMILES string of the molecule is CN(CC(N)=O)Cc1ccccc1C(=O)O. The molecule has 0 saturated carbocycles. The molecule has 86 valence electrons. The zero-order valence-corrected chi connectivity index (χ0v) is 9.01. The summed E-state index contributed by atoms with van der Waals surface area (Å²) in [5.74, 6) is -1.40. The molecule has 0 aliphatic rings. The zero-order chi connectivity index (χ0) is 12.1. The highest BCUT2D eigenvalue weighted by Crippen LogP contribution is 2.10. The smallest absolute Gasteiger partial charge is 0.336 e. The predicted molar refractivity (Wildman–Crippen MR) is 58.9 cm³/mol. The van der Waals surface area contributed by atoms with E-state index in [4.69, 9.17) is 10.8 Å². The monoisotopic (exact) mass is 222 g/mol. The number of carboxylic acid groups (broad SMARTS) is 1. The van der Waals surface area contributed by atoms with Crippen molar-refractivity contribution in [2.45, 2.75) is 6.54 Å². The number of carbonyl (C=O) groups excluding carboxylic acids is 1. The fourth-order valence-electron chi connectivity index (χ4n) is 1.48. The van der Waals surface area contributed by atoms with Gasteiger partial charge in [0.1, 0.15) is 0 Å². The Hall–Kier alpha value is -1.88. The summed E-state index contributed by atoms with van der Waals surface area (Å²) in [6.45, 7) is 0.485. The largest absolute Gasteiger partial charge is 0.478 e. The molecule has 0 spiro atoms. The third kappa shape index (κ3) is 3.36. The fourth-order valence-corrected chi connectivity index (χ4v) is 1.48. The van der Waals surface area contributed by atoms with Crippen LogP contribution in [-0.2, 0) is 11.3 Å². The first-order chi connectivity index (χ1) is 7.50. The van der Waals surface area contributed by atoms with Crippen LogP contribution in [0.25, 0.3) is 0 Å². The van der Waals surface area contributed by atoms with Gasteiger partial charge in [-0.15, -0.1) is 0 Å². The minimum absolute atomic E-state index is 0.105. The number of nitrogens with zero attached hydrogens (tertiary/aromatic N) is 1. The van der Waals surface area contributed by atoms with Gasteiger partial charge in [-0.25, -0.2) is 4.79 Å².